The molecule has 198 valence electrons. The lowest BCUT2D eigenvalue weighted by Crippen LogP contribution is -2.48. The second-order valence-corrected chi connectivity index (χ2v) is 10.2. The van der Waals surface area contributed by atoms with Gasteiger partial charge in [-0.1, -0.05) is 26.0 Å². The topological polar surface area (TPSA) is 163 Å². The summed E-state index contributed by atoms with van der Waals surface area (Å²) < 4.78 is 5.64. The van der Waals surface area contributed by atoms with Gasteiger partial charge in [-0.25, -0.2) is 5.48 Å². The highest BCUT2D eigenvalue weighted by atomic mass is 32.2. The predicted molar refractivity (Wildman–Crippen MR) is 133 cm³/mol. The third kappa shape index (κ3) is 9.86. The molecule has 5 amide bonds. The van der Waals surface area contributed by atoms with Crippen LogP contribution in [0.2, 0.25) is 0 Å². The van der Waals surface area contributed by atoms with Crippen LogP contribution in [0.4, 0.5) is 0 Å². The van der Waals surface area contributed by atoms with Crippen molar-refractivity contribution in [2.45, 2.75) is 51.3 Å². The van der Waals surface area contributed by atoms with Gasteiger partial charge < -0.3 is 15.4 Å². The highest BCUT2D eigenvalue weighted by Crippen LogP contribution is 2.21. The van der Waals surface area contributed by atoms with Crippen molar-refractivity contribution in [1.82, 2.24) is 21.4 Å². The lowest BCUT2D eigenvalue weighted by atomic mass is 9.93. The van der Waals surface area contributed by atoms with Gasteiger partial charge in [0.15, 0.2) is 0 Å². The largest absolute Gasteiger partial charge is 0.492 e. The van der Waals surface area contributed by atoms with Crippen LogP contribution in [0.25, 0.3) is 0 Å². The number of rotatable bonds is 13. The Hall–Kier alpha value is -3.12. The highest BCUT2D eigenvalue weighted by Gasteiger charge is 2.27. The highest BCUT2D eigenvalue weighted by molar-refractivity contribution is 8.01. The van der Waals surface area contributed by atoms with Crippen molar-refractivity contribution < 1.29 is 33.9 Å². The Bertz CT molecular complexity index is 939. The Morgan fingerprint density at radius 1 is 1.14 bits per heavy atom. The Balaban J connectivity index is 1.72. The summed E-state index contributed by atoms with van der Waals surface area (Å²) in [5, 5.41) is 16.1. The molecule has 1 aliphatic rings. The zero-order valence-electron chi connectivity index (χ0n) is 20.7. The first kappa shape index (κ1) is 29.1. The summed E-state index contributed by atoms with van der Waals surface area (Å²) in [7, 11) is 0. The third-order valence-corrected chi connectivity index (χ3v) is 6.63. The quantitative estimate of drug-likeness (QED) is 0.109. The molecule has 0 saturated carbocycles. The van der Waals surface area contributed by atoms with E-state index >= 15 is 0 Å². The van der Waals surface area contributed by atoms with Crippen LogP contribution >= 0.6 is 11.8 Å². The fourth-order valence-corrected chi connectivity index (χ4v) is 4.55. The Morgan fingerprint density at radius 3 is 2.44 bits per heavy atom. The molecule has 0 aromatic heterocycles. The maximum Gasteiger partial charge on any atom is 0.244 e. The first-order valence-corrected chi connectivity index (χ1v) is 12.8. The van der Waals surface area contributed by atoms with Gasteiger partial charge in [0.25, 0.3) is 0 Å². The van der Waals surface area contributed by atoms with Gasteiger partial charge in [-0.2, -0.15) is 0 Å². The van der Waals surface area contributed by atoms with Gasteiger partial charge in [-0.3, -0.25) is 34.5 Å². The zero-order chi connectivity index (χ0) is 26.7. The number of carbonyl (C=O) groups excluding carboxylic acids is 5. The second kappa shape index (κ2) is 14.4. The van der Waals surface area contributed by atoms with Crippen LogP contribution in [0.3, 0.4) is 0 Å². The molecule has 5 N–H and O–H groups in total. The molecular weight excluding hydrogens is 488 g/mol. The van der Waals surface area contributed by atoms with Crippen LogP contribution in [-0.4, -0.2) is 64.9 Å². The minimum Gasteiger partial charge on any atom is -0.492 e. The van der Waals surface area contributed by atoms with E-state index < -0.39 is 23.8 Å². The van der Waals surface area contributed by atoms with E-state index in [1.807, 2.05) is 26.0 Å². The van der Waals surface area contributed by atoms with Crippen LogP contribution in [0.1, 0.15) is 39.2 Å². The van der Waals surface area contributed by atoms with Gasteiger partial charge in [-0.15, -0.1) is 11.8 Å². The van der Waals surface area contributed by atoms with Gasteiger partial charge in [0.1, 0.15) is 18.4 Å². The number of hydroxylamine groups is 1. The van der Waals surface area contributed by atoms with Crippen LogP contribution in [-0.2, 0) is 30.4 Å². The summed E-state index contributed by atoms with van der Waals surface area (Å²) in [4.78, 5) is 59.5. The van der Waals surface area contributed by atoms with E-state index in [-0.39, 0.29) is 54.2 Å². The van der Waals surface area contributed by atoms with Crippen LogP contribution in [0.15, 0.2) is 24.3 Å². The summed E-state index contributed by atoms with van der Waals surface area (Å²) in [6.45, 7) is 5.81. The number of nitrogens with one attached hydrogen (secondary N) is 4. The molecule has 12 heteroatoms. The summed E-state index contributed by atoms with van der Waals surface area (Å²) in [6.07, 6.45) is 0.771. The molecule has 3 atom stereocenters. The number of ether oxygens (including phenoxy) is 1. The van der Waals surface area contributed by atoms with Crippen molar-refractivity contribution >= 4 is 41.3 Å². The van der Waals surface area contributed by atoms with Crippen LogP contribution < -0.4 is 26.2 Å². The molecule has 11 nitrogen and oxygen atoms in total. The van der Waals surface area contributed by atoms with E-state index in [0.29, 0.717) is 18.6 Å². The van der Waals surface area contributed by atoms with Crippen molar-refractivity contribution in [3.8, 4) is 5.75 Å². The van der Waals surface area contributed by atoms with Crippen molar-refractivity contribution in [3.63, 3.8) is 0 Å². The van der Waals surface area contributed by atoms with Gasteiger partial charge in [0.05, 0.1) is 17.5 Å². The average Bonchev–Trinajstić information content (AvgIpc) is 2.83. The monoisotopic (exact) mass is 522 g/mol. The Labute approximate surface area is 214 Å². The minimum absolute atomic E-state index is 0.152. The van der Waals surface area contributed by atoms with E-state index in [9.17, 15) is 24.0 Å². The van der Waals surface area contributed by atoms with Crippen LogP contribution in [0.5, 0.6) is 5.75 Å². The summed E-state index contributed by atoms with van der Waals surface area (Å²) in [5.41, 5.74) is 2.47. The van der Waals surface area contributed by atoms with Crippen molar-refractivity contribution in [1.29, 1.82) is 0 Å². The second-order valence-electron chi connectivity index (χ2n) is 9.00. The number of carbonyl (C=O) groups is 5. The molecular formula is C24H34N4O7S. The molecule has 1 aromatic rings. The molecule has 36 heavy (non-hydrogen) atoms. The Morgan fingerprint density at radius 2 is 1.83 bits per heavy atom. The van der Waals surface area contributed by atoms with E-state index in [1.165, 1.54) is 17.2 Å². The van der Waals surface area contributed by atoms with Gasteiger partial charge in [0, 0.05) is 12.3 Å². The molecule has 1 heterocycles. The van der Waals surface area contributed by atoms with Crippen molar-refractivity contribution in [2.24, 2.45) is 11.8 Å². The zero-order valence-corrected chi connectivity index (χ0v) is 21.5. The number of benzene rings is 1. The first-order chi connectivity index (χ1) is 17.1. The van der Waals surface area contributed by atoms with Crippen molar-refractivity contribution in [3.05, 3.63) is 29.8 Å². The van der Waals surface area contributed by atoms with E-state index in [4.69, 9.17) is 9.94 Å². The minimum atomic E-state index is -0.811. The van der Waals surface area contributed by atoms with E-state index in [0.717, 1.165) is 5.56 Å². The number of hydrogen-bond acceptors (Lipinski definition) is 8. The molecule has 0 radical (unpaired) electrons. The lowest BCUT2D eigenvalue weighted by molar-refractivity contribution is -0.136. The van der Waals surface area contributed by atoms with E-state index in [2.05, 4.69) is 16.0 Å². The standard InChI is InChI=1S/C24H34N4O7S/c1-14(2)10-17(12-20(29)28-34)23(32)26-15(3)22(31)25-8-9-35-18-6-4-16(5-7-18)11-19-24(33)27-21(30)13-36-19/h4-7,14-15,17,19,34H,8-13H2,1-3H3,(H,25,31)(H,26,32)(H,28,29)(H,27,30,33)/t15?,17-,19?/m1/s1. The smallest absolute Gasteiger partial charge is 0.244 e. The molecule has 1 aliphatic heterocycles. The lowest BCUT2D eigenvalue weighted by Gasteiger charge is -2.21. The van der Waals surface area contributed by atoms with Crippen molar-refractivity contribution in [2.75, 3.05) is 18.9 Å². The van der Waals surface area contributed by atoms with Gasteiger partial charge >= 0.3 is 0 Å². The molecule has 1 saturated heterocycles. The Kier molecular flexibility index (Phi) is 11.7. The maximum absolute atomic E-state index is 12.5. The fourth-order valence-electron chi connectivity index (χ4n) is 3.61. The average molecular weight is 523 g/mol. The normalized spacial score (nSPS) is 17.1. The number of thioether (sulfide) groups is 1. The SMILES string of the molecule is CC(C)C[C@H](CC(=O)NO)C(=O)NC(C)C(=O)NCCOc1ccc(CC2SCC(=O)NC2=O)cc1. The number of imide groups is 1. The third-order valence-electron chi connectivity index (χ3n) is 5.42. The number of hydrogen-bond donors (Lipinski definition) is 5. The molecule has 1 aromatic carbocycles. The molecule has 2 unspecified atom stereocenters. The summed E-state index contributed by atoms with van der Waals surface area (Å²) >= 11 is 1.32. The fraction of sp³-hybridized carbons (Fsp3) is 0.542. The molecule has 0 spiro atoms. The number of amides is 5. The van der Waals surface area contributed by atoms with Crippen LogP contribution in [0, 0.1) is 11.8 Å². The van der Waals surface area contributed by atoms with E-state index in [1.54, 1.807) is 19.1 Å². The van der Waals surface area contributed by atoms with Gasteiger partial charge in [0.2, 0.25) is 29.5 Å². The molecule has 2 rings (SSSR count). The molecule has 0 bridgehead atoms. The summed E-state index contributed by atoms with van der Waals surface area (Å²) in [5.74, 6) is -1.66. The predicted octanol–water partition coefficient (Wildman–Crippen LogP) is 0.545. The molecule has 0 aliphatic carbocycles. The molecule has 1 fully saturated rings. The van der Waals surface area contributed by atoms with Gasteiger partial charge in [-0.05, 0) is 43.4 Å². The first-order valence-electron chi connectivity index (χ1n) is 11.8. The maximum atomic E-state index is 12.5. The summed E-state index contributed by atoms with van der Waals surface area (Å²) in [6, 6.07) is 6.43.